The molecule has 0 heterocycles. The smallest absolute Gasteiger partial charge is 0.124 e. The highest BCUT2D eigenvalue weighted by Gasteiger charge is 2.03. The molecule has 0 aromatic heterocycles. The molecule has 0 bridgehead atoms. The van der Waals surface area contributed by atoms with Gasteiger partial charge in [0.15, 0.2) is 0 Å². The van der Waals surface area contributed by atoms with E-state index < -0.39 is 0 Å². The fraction of sp³-hybridized carbons (Fsp3) is 0.429. The quantitative estimate of drug-likeness (QED) is 0.418. The summed E-state index contributed by atoms with van der Waals surface area (Å²) in [7, 11) is 0. The number of hydroxylamine groups is 1. The highest BCUT2D eigenvalue weighted by atomic mass is 79.9. The number of hydrogen-bond acceptors (Lipinski definition) is 3. The van der Waals surface area contributed by atoms with Gasteiger partial charge in [0.2, 0.25) is 0 Å². The number of rotatable bonds is 2. The summed E-state index contributed by atoms with van der Waals surface area (Å²) in [6.45, 7) is 12.0. The number of hydrogen-bond donors (Lipinski definition) is 2. The van der Waals surface area contributed by atoms with Crippen LogP contribution in [-0.2, 0) is 6.54 Å². The SMILES string of the molecule is C=CC.CC(C)C.ON(S)Cc1ccc(F)cc1Br. The van der Waals surface area contributed by atoms with Crippen LogP contribution in [0.25, 0.3) is 0 Å². The Hall–Kier alpha value is -0.360. The molecule has 0 saturated carbocycles. The third kappa shape index (κ3) is 15.6. The zero-order valence-corrected chi connectivity index (χ0v) is 14.4. The topological polar surface area (TPSA) is 23.5 Å². The monoisotopic (exact) mass is 351 g/mol. The first kappa shape index (κ1) is 20.9. The molecule has 1 rings (SSSR count). The Morgan fingerprint density at radius 3 is 2.21 bits per heavy atom. The molecule has 0 saturated heterocycles. The summed E-state index contributed by atoms with van der Waals surface area (Å²) in [6, 6.07) is 4.25. The van der Waals surface area contributed by atoms with Crippen molar-refractivity contribution in [2.24, 2.45) is 5.92 Å². The van der Waals surface area contributed by atoms with Gasteiger partial charge in [-0.25, -0.2) is 4.39 Å². The summed E-state index contributed by atoms with van der Waals surface area (Å²) in [5.41, 5.74) is 0.772. The maximum atomic E-state index is 12.6. The van der Waals surface area contributed by atoms with Crippen LogP contribution in [0.2, 0.25) is 0 Å². The van der Waals surface area contributed by atoms with Crippen molar-refractivity contribution in [3.8, 4) is 0 Å². The van der Waals surface area contributed by atoms with Crippen LogP contribution in [0.4, 0.5) is 4.39 Å². The van der Waals surface area contributed by atoms with Gasteiger partial charge in [-0.3, -0.25) is 0 Å². The zero-order chi connectivity index (χ0) is 15.4. The molecule has 110 valence electrons. The van der Waals surface area contributed by atoms with E-state index in [1.165, 1.54) is 12.1 Å². The predicted octanol–water partition coefficient (Wildman–Crippen LogP) is 5.48. The minimum atomic E-state index is -0.311. The highest BCUT2D eigenvalue weighted by molar-refractivity contribution is 9.10. The molecule has 0 aliphatic carbocycles. The third-order valence-corrected chi connectivity index (χ3v) is 2.21. The Morgan fingerprint density at radius 1 is 1.47 bits per heavy atom. The van der Waals surface area contributed by atoms with Crippen molar-refractivity contribution in [3.05, 3.63) is 46.7 Å². The van der Waals surface area contributed by atoms with E-state index in [0.29, 0.717) is 4.47 Å². The fourth-order valence-electron chi connectivity index (χ4n) is 0.802. The van der Waals surface area contributed by atoms with E-state index in [9.17, 15) is 4.39 Å². The van der Waals surface area contributed by atoms with Crippen LogP contribution in [0.1, 0.15) is 33.3 Å². The van der Waals surface area contributed by atoms with Gasteiger partial charge < -0.3 is 5.21 Å². The molecular weight excluding hydrogens is 329 g/mol. The normalized spacial score (nSPS) is 9.37. The van der Waals surface area contributed by atoms with Crippen molar-refractivity contribution in [2.75, 3.05) is 0 Å². The lowest BCUT2D eigenvalue weighted by molar-refractivity contribution is 0.0117. The van der Waals surface area contributed by atoms with Crippen LogP contribution < -0.4 is 0 Å². The largest absolute Gasteiger partial charge is 0.303 e. The number of allylic oxidation sites excluding steroid dienone is 1. The van der Waals surface area contributed by atoms with Gasteiger partial charge in [0.05, 0.1) is 6.54 Å². The van der Waals surface area contributed by atoms with Gasteiger partial charge in [-0.1, -0.05) is 61.7 Å². The van der Waals surface area contributed by atoms with E-state index in [1.54, 1.807) is 12.1 Å². The molecule has 1 aromatic rings. The van der Waals surface area contributed by atoms with E-state index in [0.717, 1.165) is 15.9 Å². The average molecular weight is 352 g/mol. The van der Waals surface area contributed by atoms with E-state index in [4.69, 9.17) is 5.21 Å². The Balaban J connectivity index is 0. The minimum absolute atomic E-state index is 0.240. The van der Waals surface area contributed by atoms with Crippen LogP contribution in [0, 0.1) is 11.7 Å². The fourth-order valence-corrected chi connectivity index (χ4v) is 1.43. The maximum absolute atomic E-state index is 12.6. The third-order valence-electron chi connectivity index (χ3n) is 1.33. The molecule has 0 spiro atoms. The molecule has 5 heteroatoms. The van der Waals surface area contributed by atoms with Crippen LogP contribution >= 0.6 is 28.7 Å². The van der Waals surface area contributed by atoms with Crippen molar-refractivity contribution in [1.29, 1.82) is 0 Å². The lowest BCUT2D eigenvalue weighted by Gasteiger charge is -2.07. The standard InChI is InChI=1S/C7H7BrFNOS.C4H10.C3H6/c8-7-3-6(9)2-1-5(7)4-10(11)12;1-4(2)3;1-3-2/h1-3,11-12H,4H2;4H,1-3H3;3H,1H2,2H3. The maximum Gasteiger partial charge on any atom is 0.124 e. The molecule has 2 nitrogen and oxygen atoms in total. The Morgan fingerprint density at radius 2 is 1.89 bits per heavy atom. The second kappa shape index (κ2) is 12.7. The lowest BCUT2D eigenvalue weighted by Crippen LogP contribution is -2.05. The van der Waals surface area contributed by atoms with Crippen molar-refractivity contribution < 1.29 is 9.60 Å². The molecule has 19 heavy (non-hydrogen) atoms. The van der Waals surface area contributed by atoms with E-state index in [-0.39, 0.29) is 12.4 Å². The molecule has 0 atom stereocenters. The summed E-state index contributed by atoms with van der Waals surface area (Å²) in [5.74, 6) is 0.522. The predicted molar refractivity (Wildman–Crippen MR) is 86.8 cm³/mol. The number of benzene rings is 1. The zero-order valence-electron chi connectivity index (χ0n) is 11.9. The Labute approximate surface area is 130 Å². The summed E-state index contributed by atoms with van der Waals surface area (Å²) >= 11 is 6.82. The van der Waals surface area contributed by atoms with Gasteiger partial charge in [0, 0.05) is 4.47 Å². The molecule has 0 fully saturated rings. The van der Waals surface area contributed by atoms with E-state index in [2.05, 4.69) is 56.1 Å². The second-order valence-corrected chi connectivity index (χ2v) is 5.72. The first-order valence-corrected chi connectivity index (χ1v) is 7.10. The second-order valence-electron chi connectivity index (χ2n) is 4.41. The van der Waals surface area contributed by atoms with Gasteiger partial charge in [-0.15, -0.1) is 11.0 Å². The summed E-state index contributed by atoms with van der Waals surface area (Å²) in [4.78, 5) is 0. The number of halogens is 2. The van der Waals surface area contributed by atoms with Crippen molar-refractivity contribution >= 4 is 28.7 Å². The summed E-state index contributed by atoms with van der Waals surface area (Å²) < 4.78 is 13.9. The molecule has 0 radical (unpaired) electrons. The lowest BCUT2D eigenvalue weighted by atomic mass is 10.2. The van der Waals surface area contributed by atoms with Crippen molar-refractivity contribution in [2.45, 2.75) is 34.2 Å². The number of thiol groups is 1. The number of nitrogens with zero attached hydrogens (tertiary/aromatic N) is 1. The molecule has 0 unspecified atom stereocenters. The van der Waals surface area contributed by atoms with Gasteiger partial charge in [0.25, 0.3) is 0 Å². The van der Waals surface area contributed by atoms with Gasteiger partial charge in [-0.05, 0) is 30.5 Å². The molecule has 0 aliphatic heterocycles. The van der Waals surface area contributed by atoms with Gasteiger partial charge in [0.1, 0.15) is 5.82 Å². The Bertz CT molecular complexity index is 357. The van der Waals surface area contributed by atoms with Crippen molar-refractivity contribution in [1.82, 2.24) is 4.47 Å². The molecule has 0 amide bonds. The summed E-state index contributed by atoms with van der Waals surface area (Å²) in [6.07, 6.45) is 1.75. The van der Waals surface area contributed by atoms with Gasteiger partial charge >= 0.3 is 0 Å². The van der Waals surface area contributed by atoms with Gasteiger partial charge in [-0.2, -0.15) is 0 Å². The molecular formula is C14H23BrFNOS. The van der Waals surface area contributed by atoms with E-state index in [1.807, 2.05) is 6.92 Å². The Kier molecular flexibility index (Phi) is 14.0. The first-order chi connectivity index (χ1) is 8.74. The first-order valence-electron chi connectivity index (χ1n) is 5.90. The highest BCUT2D eigenvalue weighted by Crippen LogP contribution is 2.19. The average Bonchev–Trinajstić information content (AvgIpc) is 2.22. The molecule has 1 N–H and O–H groups in total. The summed E-state index contributed by atoms with van der Waals surface area (Å²) in [5, 5.41) is 8.78. The molecule has 1 aromatic carbocycles. The van der Waals surface area contributed by atoms with Crippen LogP contribution in [0.15, 0.2) is 35.3 Å². The van der Waals surface area contributed by atoms with Crippen LogP contribution in [0.3, 0.4) is 0 Å². The van der Waals surface area contributed by atoms with Crippen molar-refractivity contribution in [3.63, 3.8) is 0 Å². The van der Waals surface area contributed by atoms with E-state index >= 15 is 0 Å². The van der Waals surface area contributed by atoms with Crippen LogP contribution in [-0.4, -0.2) is 9.68 Å². The minimum Gasteiger partial charge on any atom is -0.303 e. The molecule has 0 aliphatic rings. The van der Waals surface area contributed by atoms with Crippen LogP contribution in [0.5, 0.6) is 0 Å².